The number of carboxylic acids is 1. The van der Waals surface area contributed by atoms with E-state index in [0.717, 1.165) is 32.4 Å². The molecule has 0 bridgehead atoms. The molecule has 1 aromatic rings. The molecule has 0 aromatic heterocycles. The van der Waals surface area contributed by atoms with Gasteiger partial charge in [-0.15, -0.1) is 0 Å². The third-order valence-corrected chi connectivity index (χ3v) is 3.64. The molecule has 0 aliphatic carbocycles. The molecule has 22 heavy (non-hydrogen) atoms. The summed E-state index contributed by atoms with van der Waals surface area (Å²) in [7, 11) is 0. The fraction of sp³-hybridized carbons (Fsp3) is 0.438. The molecule has 1 saturated heterocycles. The average Bonchev–Trinajstić information content (AvgIpc) is 2.53. The summed E-state index contributed by atoms with van der Waals surface area (Å²) in [5.41, 5.74) is 0.890. The van der Waals surface area contributed by atoms with E-state index in [0.29, 0.717) is 11.3 Å². The van der Waals surface area contributed by atoms with Crippen molar-refractivity contribution in [1.29, 1.82) is 0 Å². The third kappa shape index (κ3) is 4.31. The van der Waals surface area contributed by atoms with Crippen LogP contribution in [-0.4, -0.2) is 40.9 Å². The van der Waals surface area contributed by atoms with E-state index in [4.69, 9.17) is 5.11 Å². The van der Waals surface area contributed by atoms with Crippen LogP contribution in [0.2, 0.25) is 0 Å². The summed E-state index contributed by atoms with van der Waals surface area (Å²) in [6, 6.07) is 6.84. The maximum Gasteiger partial charge on any atom is 0.303 e. The maximum absolute atomic E-state index is 12.5. The van der Waals surface area contributed by atoms with Gasteiger partial charge in [0, 0.05) is 19.5 Å². The zero-order chi connectivity index (χ0) is 15.9. The summed E-state index contributed by atoms with van der Waals surface area (Å²) in [6.45, 7) is 1.47. The molecule has 0 atom stereocenters. The molecule has 118 valence electrons. The van der Waals surface area contributed by atoms with Crippen molar-refractivity contribution in [2.45, 2.75) is 32.1 Å². The highest BCUT2D eigenvalue weighted by Crippen LogP contribution is 2.20. The second-order valence-corrected chi connectivity index (χ2v) is 5.34. The van der Waals surface area contributed by atoms with Crippen LogP contribution in [0.1, 0.15) is 42.5 Å². The van der Waals surface area contributed by atoms with Gasteiger partial charge in [0.15, 0.2) is 0 Å². The number of piperidine rings is 1. The van der Waals surface area contributed by atoms with Gasteiger partial charge in [0.2, 0.25) is 5.91 Å². The molecule has 2 N–H and O–H groups in total. The Morgan fingerprint density at radius 1 is 1.05 bits per heavy atom. The maximum atomic E-state index is 12.5. The van der Waals surface area contributed by atoms with E-state index in [9.17, 15) is 14.4 Å². The van der Waals surface area contributed by atoms with E-state index in [-0.39, 0.29) is 18.7 Å². The monoisotopic (exact) mass is 304 g/mol. The highest BCUT2D eigenvalue weighted by Gasteiger charge is 2.21. The van der Waals surface area contributed by atoms with Crippen LogP contribution in [0.3, 0.4) is 0 Å². The molecule has 6 nitrogen and oxygen atoms in total. The van der Waals surface area contributed by atoms with Crippen molar-refractivity contribution >= 4 is 23.5 Å². The molecule has 2 rings (SSSR count). The molecule has 1 aliphatic heterocycles. The number of nitrogens with one attached hydrogen (secondary N) is 1. The van der Waals surface area contributed by atoms with Crippen molar-refractivity contribution in [2.24, 2.45) is 0 Å². The van der Waals surface area contributed by atoms with Crippen LogP contribution < -0.4 is 5.32 Å². The van der Waals surface area contributed by atoms with Crippen LogP contribution in [-0.2, 0) is 9.59 Å². The molecule has 6 heteroatoms. The molecule has 0 spiro atoms. The Balaban J connectivity index is 2.07. The Morgan fingerprint density at radius 3 is 2.41 bits per heavy atom. The van der Waals surface area contributed by atoms with E-state index in [2.05, 4.69) is 5.32 Å². The molecule has 0 radical (unpaired) electrons. The van der Waals surface area contributed by atoms with Gasteiger partial charge < -0.3 is 15.3 Å². The second-order valence-electron chi connectivity index (χ2n) is 5.34. The summed E-state index contributed by atoms with van der Waals surface area (Å²) < 4.78 is 0. The van der Waals surface area contributed by atoms with Crippen molar-refractivity contribution in [3.05, 3.63) is 29.8 Å². The lowest BCUT2D eigenvalue weighted by atomic mass is 10.1. The zero-order valence-corrected chi connectivity index (χ0v) is 12.4. The predicted molar refractivity (Wildman–Crippen MR) is 81.7 cm³/mol. The van der Waals surface area contributed by atoms with Gasteiger partial charge in [-0.2, -0.15) is 0 Å². The van der Waals surface area contributed by atoms with E-state index in [1.807, 2.05) is 0 Å². The normalized spacial score (nSPS) is 14.5. The molecule has 0 saturated carbocycles. The molecule has 1 fully saturated rings. The van der Waals surface area contributed by atoms with Crippen LogP contribution in [0.5, 0.6) is 0 Å². The van der Waals surface area contributed by atoms with Gasteiger partial charge in [-0.25, -0.2) is 0 Å². The van der Waals surface area contributed by atoms with Gasteiger partial charge in [0.1, 0.15) is 0 Å². The summed E-state index contributed by atoms with van der Waals surface area (Å²) in [4.78, 5) is 36.6. The zero-order valence-electron chi connectivity index (χ0n) is 12.4. The number of anilines is 1. The molecule has 1 aliphatic rings. The number of nitrogens with zero attached hydrogens (tertiary/aromatic N) is 1. The summed E-state index contributed by atoms with van der Waals surface area (Å²) in [6.07, 6.45) is 2.80. The van der Waals surface area contributed by atoms with Crippen LogP contribution in [0.4, 0.5) is 5.69 Å². The Hall–Kier alpha value is -2.37. The number of carbonyl (C=O) groups is 3. The average molecular weight is 304 g/mol. The van der Waals surface area contributed by atoms with Crippen molar-refractivity contribution < 1.29 is 19.5 Å². The van der Waals surface area contributed by atoms with Crippen LogP contribution in [0, 0.1) is 0 Å². The van der Waals surface area contributed by atoms with E-state index in [1.54, 1.807) is 29.2 Å². The number of benzene rings is 1. The number of hydrogen-bond acceptors (Lipinski definition) is 3. The fourth-order valence-electron chi connectivity index (χ4n) is 2.48. The first-order valence-electron chi connectivity index (χ1n) is 7.48. The van der Waals surface area contributed by atoms with Gasteiger partial charge in [-0.3, -0.25) is 14.4 Å². The highest BCUT2D eigenvalue weighted by molar-refractivity contribution is 6.04. The van der Waals surface area contributed by atoms with Crippen LogP contribution in [0.15, 0.2) is 24.3 Å². The molecule has 2 amide bonds. The number of para-hydroxylation sites is 1. The lowest BCUT2D eigenvalue weighted by Crippen LogP contribution is -2.36. The highest BCUT2D eigenvalue weighted by atomic mass is 16.4. The Morgan fingerprint density at radius 2 is 1.73 bits per heavy atom. The summed E-state index contributed by atoms with van der Waals surface area (Å²) >= 11 is 0. The molecule has 0 unspecified atom stereocenters. The lowest BCUT2D eigenvalue weighted by molar-refractivity contribution is -0.138. The van der Waals surface area contributed by atoms with E-state index >= 15 is 0 Å². The van der Waals surface area contributed by atoms with Gasteiger partial charge in [0.25, 0.3) is 5.91 Å². The van der Waals surface area contributed by atoms with Crippen molar-refractivity contribution in [2.75, 3.05) is 18.4 Å². The number of hydrogen-bond donors (Lipinski definition) is 2. The number of carbonyl (C=O) groups excluding carboxylic acids is 2. The van der Waals surface area contributed by atoms with Gasteiger partial charge in [-0.1, -0.05) is 12.1 Å². The lowest BCUT2D eigenvalue weighted by Gasteiger charge is -2.27. The smallest absolute Gasteiger partial charge is 0.303 e. The van der Waals surface area contributed by atoms with Gasteiger partial charge in [-0.05, 0) is 31.4 Å². The largest absolute Gasteiger partial charge is 0.481 e. The Kier molecular flexibility index (Phi) is 5.52. The molecule has 1 aromatic carbocycles. The number of amides is 2. The SMILES string of the molecule is O=C(O)CCC(=O)Nc1ccccc1C(=O)N1CCCCC1. The van der Waals surface area contributed by atoms with Crippen molar-refractivity contribution in [3.8, 4) is 0 Å². The minimum Gasteiger partial charge on any atom is -0.481 e. The minimum absolute atomic E-state index is 0.0890. The minimum atomic E-state index is -1.02. The number of rotatable bonds is 5. The summed E-state index contributed by atoms with van der Waals surface area (Å²) in [5, 5.41) is 11.2. The predicted octanol–water partition coefficient (Wildman–Crippen LogP) is 2.12. The number of likely N-dealkylation sites (tertiary alicyclic amines) is 1. The van der Waals surface area contributed by atoms with Crippen LogP contribution in [0.25, 0.3) is 0 Å². The standard InChI is InChI=1S/C16H20N2O4/c19-14(8-9-15(20)21)17-13-7-3-2-6-12(13)16(22)18-10-4-1-5-11-18/h2-3,6-7H,1,4-5,8-11H2,(H,17,19)(H,20,21). The molecule has 1 heterocycles. The van der Waals surface area contributed by atoms with E-state index in [1.165, 1.54) is 0 Å². The third-order valence-electron chi connectivity index (χ3n) is 3.64. The van der Waals surface area contributed by atoms with Crippen LogP contribution >= 0.6 is 0 Å². The number of aliphatic carboxylic acids is 1. The quantitative estimate of drug-likeness (QED) is 0.872. The topological polar surface area (TPSA) is 86.7 Å². The second kappa shape index (κ2) is 7.59. The molecular weight excluding hydrogens is 284 g/mol. The summed E-state index contributed by atoms with van der Waals surface area (Å²) in [5.74, 6) is -1.51. The fourth-order valence-corrected chi connectivity index (χ4v) is 2.48. The van der Waals surface area contributed by atoms with E-state index < -0.39 is 11.9 Å². The first kappa shape index (κ1) is 16.0. The first-order valence-corrected chi connectivity index (χ1v) is 7.48. The van der Waals surface area contributed by atoms with Crippen molar-refractivity contribution in [3.63, 3.8) is 0 Å². The Bertz CT molecular complexity index is 565. The van der Waals surface area contributed by atoms with Gasteiger partial charge >= 0.3 is 5.97 Å². The Labute approximate surface area is 129 Å². The first-order chi connectivity index (χ1) is 10.6. The van der Waals surface area contributed by atoms with Gasteiger partial charge in [0.05, 0.1) is 17.7 Å². The number of carboxylic acid groups (broad SMARTS) is 1. The molecular formula is C16H20N2O4. The van der Waals surface area contributed by atoms with Crippen molar-refractivity contribution in [1.82, 2.24) is 4.90 Å².